The summed E-state index contributed by atoms with van der Waals surface area (Å²) in [5.74, 6) is -0.205. The molecule has 1 saturated heterocycles. The van der Waals surface area contributed by atoms with Gasteiger partial charge in [0.1, 0.15) is 11.6 Å². The van der Waals surface area contributed by atoms with Crippen LogP contribution in [0.15, 0.2) is 64.6 Å². The fourth-order valence-corrected chi connectivity index (χ4v) is 5.09. The SMILES string of the molecule is CCCC(=O)N(CCC1=CCCCC1)C1CC(=O)N(c2ccc(-c3nc4ccccc4o3)cc2)C1=O. The lowest BCUT2D eigenvalue weighted by Crippen LogP contribution is -2.46. The molecule has 0 bridgehead atoms. The quantitative estimate of drug-likeness (QED) is 0.304. The van der Waals surface area contributed by atoms with E-state index >= 15 is 0 Å². The van der Waals surface area contributed by atoms with Gasteiger partial charge in [0, 0.05) is 18.5 Å². The highest BCUT2D eigenvalue weighted by molar-refractivity contribution is 6.23. The second kappa shape index (κ2) is 10.5. The van der Waals surface area contributed by atoms with Gasteiger partial charge in [-0.15, -0.1) is 0 Å². The van der Waals surface area contributed by atoms with E-state index in [1.807, 2.05) is 31.2 Å². The van der Waals surface area contributed by atoms with Crippen LogP contribution in [0.3, 0.4) is 0 Å². The Morgan fingerprint density at radius 1 is 1.11 bits per heavy atom. The molecule has 7 nitrogen and oxygen atoms in total. The maximum absolute atomic E-state index is 13.5. The van der Waals surface area contributed by atoms with Gasteiger partial charge in [-0.2, -0.15) is 0 Å². The van der Waals surface area contributed by atoms with Gasteiger partial charge >= 0.3 is 0 Å². The second-order valence-corrected chi connectivity index (χ2v) is 9.52. The Kier molecular flexibility index (Phi) is 6.98. The lowest BCUT2D eigenvalue weighted by atomic mass is 9.97. The minimum absolute atomic E-state index is 0.0141. The number of oxazole rings is 1. The number of allylic oxidation sites excluding steroid dienone is 1. The molecule has 1 aliphatic carbocycles. The van der Waals surface area contributed by atoms with E-state index in [-0.39, 0.29) is 24.1 Å². The number of para-hydroxylation sites is 2. The molecular formula is C29H31N3O4. The van der Waals surface area contributed by atoms with Crippen molar-refractivity contribution >= 4 is 34.5 Å². The summed E-state index contributed by atoms with van der Waals surface area (Å²) in [6.45, 7) is 2.42. The number of hydrogen-bond acceptors (Lipinski definition) is 5. The predicted molar refractivity (Wildman–Crippen MR) is 138 cm³/mol. The van der Waals surface area contributed by atoms with Gasteiger partial charge < -0.3 is 9.32 Å². The Morgan fingerprint density at radius 2 is 1.92 bits per heavy atom. The van der Waals surface area contributed by atoms with Crippen LogP contribution in [0.2, 0.25) is 0 Å². The number of fused-ring (bicyclic) bond motifs is 1. The Hall–Kier alpha value is -3.74. The van der Waals surface area contributed by atoms with Gasteiger partial charge in [-0.05, 0) is 74.9 Å². The maximum Gasteiger partial charge on any atom is 0.257 e. The molecule has 0 spiro atoms. The maximum atomic E-state index is 13.5. The smallest absolute Gasteiger partial charge is 0.257 e. The van der Waals surface area contributed by atoms with Crippen molar-refractivity contribution in [1.29, 1.82) is 0 Å². The molecule has 1 fully saturated rings. The Labute approximate surface area is 210 Å². The van der Waals surface area contributed by atoms with Gasteiger partial charge in [-0.1, -0.05) is 30.7 Å². The van der Waals surface area contributed by atoms with Crippen LogP contribution in [0.4, 0.5) is 5.69 Å². The first-order valence-corrected chi connectivity index (χ1v) is 12.9. The zero-order valence-electron chi connectivity index (χ0n) is 20.6. The normalized spacial score (nSPS) is 18.1. The second-order valence-electron chi connectivity index (χ2n) is 9.52. The highest BCUT2D eigenvalue weighted by Crippen LogP contribution is 2.30. The number of carbonyl (C=O) groups is 3. The molecule has 1 atom stereocenters. The van der Waals surface area contributed by atoms with Crippen LogP contribution < -0.4 is 4.90 Å². The largest absolute Gasteiger partial charge is 0.436 e. The molecule has 3 aromatic rings. The monoisotopic (exact) mass is 485 g/mol. The molecule has 1 aliphatic heterocycles. The van der Waals surface area contributed by atoms with Gasteiger partial charge in [0.25, 0.3) is 5.91 Å². The van der Waals surface area contributed by atoms with Gasteiger partial charge in [0.05, 0.1) is 12.1 Å². The summed E-state index contributed by atoms with van der Waals surface area (Å²) in [4.78, 5) is 46.8. The molecule has 0 radical (unpaired) electrons. The molecule has 36 heavy (non-hydrogen) atoms. The van der Waals surface area contributed by atoms with Crippen molar-refractivity contribution < 1.29 is 18.8 Å². The topological polar surface area (TPSA) is 83.7 Å². The Bertz CT molecular complexity index is 1270. The first-order valence-electron chi connectivity index (χ1n) is 12.9. The summed E-state index contributed by atoms with van der Waals surface area (Å²) in [6, 6.07) is 13.8. The lowest BCUT2D eigenvalue weighted by Gasteiger charge is -2.28. The van der Waals surface area contributed by atoms with Crippen LogP contribution in [-0.4, -0.2) is 40.2 Å². The average Bonchev–Trinajstić information content (AvgIpc) is 3.46. The summed E-state index contributed by atoms with van der Waals surface area (Å²) in [5, 5.41) is 0. The predicted octanol–water partition coefficient (Wildman–Crippen LogP) is 5.65. The molecule has 7 heteroatoms. The van der Waals surface area contributed by atoms with E-state index in [1.54, 1.807) is 29.2 Å². The first-order chi connectivity index (χ1) is 17.5. The molecule has 2 heterocycles. The molecule has 1 aromatic heterocycles. The number of anilines is 1. The first kappa shape index (κ1) is 24.0. The van der Waals surface area contributed by atoms with Crippen molar-refractivity contribution in [2.75, 3.05) is 11.4 Å². The van der Waals surface area contributed by atoms with Crippen molar-refractivity contribution in [3.05, 3.63) is 60.2 Å². The third-order valence-corrected chi connectivity index (χ3v) is 7.01. The van der Waals surface area contributed by atoms with Crippen molar-refractivity contribution in [2.45, 2.75) is 64.3 Å². The Morgan fingerprint density at radius 3 is 2.64 bits per heavy atom. The van der Waals surface area contributed by atoms with E-state index in [0.717, 1.165) is 30.3 Å². The third kappa shape index (κ3) is 4.83. The number of carbonyl (C=O) groups excluding carboxylic acids is 3. The number of rotatable bonds is 8. The summed E-state index contributed by atoms with van der Waals surface area (Å²) in [7, 11) is 0. The van der Waals surface area contributed by atoms with Crippen LogP contribution in [-0.2, 0) is 14.4 Å². The number of nitrogens with zero attached hydrogens (tertiary/aromatic N) is 3. The number of imide groups is 1. The van der Waals surface area contributed by atoms with E-state index in [9.17, 15) is 14.4 Å². The highest BCUT2D eigenvalue weighted by Gasteiger charge is 2.44. The molecule has 0 saturated carbocycles. The average molecular weight is 486 g/mol. The van der Waals surface area contributed by atoms with Gasteiger partial charge in [0.15, 0.2) is 5.58 Å². The van der Waals surface area contributed by atoms with Crippen LogP contribution in [0, 0.1) is 0 Å². The fourth-order valence-electron chi connectivity index (χ4n) is 5.09. The van der Waals surface area contributed by atoms with Crippen LogP contribution in [0.25, 0.3) is 22.6 Å². The molecule has 2 aliphatic rings. The molecular weight excluding hydrogens is 454 g/mol. The molecule has 2 aromatic carbocycles. The summed E-state index contributed by atoms with van der Waals surface area (Å²) >= 11 is 0. The number of hydrogen-bond donors (Lipinski definition) is 0. The molecule has 0 N–H and O–H groups in total. The zero-order chi connectivity index (χ0) is 25.1. The van der Waals surface area contributed by atoms with Crippen LogP contribution in [0.1, 0.15) is 58.3 Å². The van der Waals surface area contributed by atoms with Crippen molar-refractivity contribution in [3.8, 4) is 11.5 Å². The van der Waals surface area contributed by atoms with Crippen molar-refractivity contribution in [2.24, 2.45) is 0 Å². The standard InChI is InChI=1S/C29H31N3O4/c1-2-8-26(33)31(18-17-20-9-4-3-5-10-20)24-19-27(34)32(29(24)35)22-15-13-21(14-16-22)28-30-23-11-6-7-12-25(23)36-28/h6-7,9,11-16,24H,2-5,8,10,17-19H2,1H3. The van der Waals surface area contributed by atoms with Crippen LogP contribution in [0.5, 0.6) is 0 Å². The van der Waals surface area contributed by atoms with E-state index in [0.29, 0.717) is 36.5 Å². The van der Waals surface area contributed by atoms with Crippen molar-refractivity contribution in [1.82, 2.24) is 9.88 Å². The van der Waals surface area contributed by atoms with Crippen LogP contribution >= 0.6 is 0 Å². The zero-order valence-corrected chi connectivity index (χ0v) is 20.6. The van der Waals surface area contributed by atoms with E-state index in [1.165, 1.54) is 23.3 Å². The Balaban J connectivity index is 1.34. The minimum atomic E-state index is -0.752. The summed E-state index contributed by atoms with van der Waals surface area (Å²) in [5.41, 5.74) is 4.06. The molecule has 186 valence electrons. The van der Waals surface area contributed by atoms with Gasteiger partial charge in [-0.3, -0.25) is 14.4 Å². The third-order valence-electron chi connectivity index (χ3n) is 7.01. The van der Waals surface area contributed by atoms with E-state index in [2.05, 4.69) is 11.1 Å². The minimum Gasteiger partial charge on any atom is -0.436 e. The number of amides is 3. The highest BCUT2D eigenvalue weighted by atomic mass is 16.3. The fraction of sp³-hybridized carbons (Fsp3) is 0.379. The lowest BCUT2D eigenvalue weighted by molar-refractivity contribution is -0.138. The van der Waals surface area contributed by atoms with Gasteiger partial charge in [-0.25, -0.2) is 9.88 Å². The van der Waals surface area contributed by atoms with Crippen molar-refractivity contribution in [3.63, 3.8) is 0 Å². The molecule has 3 amide bonds. The summed E-state index contributed by atoms with van der Waals surface area (Å²) < 4.78 is 5.83. The van der Waals surface area contributed by atoms with Gasteiger partial charge in [0.2, 0.25) is 17.7 Å². The number of aromatic nitrogens is 1. The van der Waals surface area contributed by atoms with E-state index in [4.69, 9.17) is 4.42 Å². The van der Waals surface area contributed by atoms with E-state index < -0.39 is 6.04 Å². The molecule has 1 unspecified atom stereocenters. The number of benzene rings is 2. The molecule has 5 rings (SSSR count). The summed E-state index contributed by atoms with van der Waals surface area (Å²) in [6.07, 6.45) is 8.61.